The molecule has 2 aliphatic carbocycles. The molecule has 2 atom stereocenters. The average molecular weight is 279 g/mol. The third-order valence-corrected chi connectivity index (χ3v) is 5.42. The van der Waals surface area contributed by atoms with Crippen LogP contribution in [0.1, 0.15) is 37.7 Å². The number of hydrogen-bond donors (Lipinski definition) is 1. The molecule has 0 aromatic heterocycles. The number of nitrogens with one attached hydrogen (secondary N) is 1. The molecule has 2 saturated carbocycles. The monoisotopic (exact) mass is 279 g/mol. The lowest BCUT2D eigenvalue weighted by Crippen LogP contribution is -2.27. The van der Waals surface area contributed by atoms with Gasteiger partial charge in [0.2, 0.25) is 0 Å². The molecule has 0 heterocycles. The highest BCUT2D eigenvalue weighted by Crippen LogP contribution is 2.36. The van der Waals surface area contributed by atoms with Crippen LogP contribution in [0, 0.1) is 11.8 Å². The van der Waals surface area contributed by atoms with Crippen molar-refractivity contribution in [3.63, 3.8) is 0 Å². The largest absolute Gasteiger partial charge is 0.314 e. The first-order valence-electron chi connectivity index (χ1n) is 8.60. The van der Waals surface area contributed by atoms with E-state index >= 15 is 0 Å². The fraction of sp³-hybridized carbons (Fsp3) is 0.500. The highest BCUT2D eigenvalue weighted by Gasteiger charge is 2.29. The Bertz CT molecular complexity index is 609. The second kappa shape index (κ2) is 5.81. The zero-order valence-electron chi connectivity index (χ0n) is 12.7. The third-order valence-electron chi connectivity index (χ3n) is 5.42. The van der Waals surface area contributed by atoms with E-state index < -0.39 is 0 Å². The molecular formula is C20H25N. The van der Waals surface area contributed by atoms with E-state index in [9.17, 15) is 0 Å². The van der Waals surface area contributed by atoms with Gasteiger partial charge in [-0.1, -0.05) is 48.9 Å². The maximum atomic E-state index is 3.75. The van der Waals surface area contributed by atoms with Gasteiger partial charge in [0.05, 0.1) is 0 Å². The fourth-order valence-electron chi connectivity index (χ4n) is 4.01. The SMILES string of the molecule is c1ccc2c(CC3CCCC3CNC3CC3)cccc2c1. The van der Waals surface area contributed by atoms with Crippen LogP contribution in [0.25, 0.3) is 10.8 Å². The normalized spacial score (nSPS) is 25.5. The van der Waals surface area contributed by atoms with Gasteiger partial charge in [0.15, 0.2) is 0 Å². The van der Waals surface area contributed by atoms with Gasteiger partial charge in [-0.15, -0.1) is 0 Å². The van der Waals surface area contributed by atoms with Crippen LogP contribution >= 0.6 is 0 Å². The Balaban J connectivity index is 1.50. The van der Waals surface area contributed by atoms with Crippen LogP contribution in [0.3, 0.4) is 0 Å². The molecule has 2 aromatic carbocycles. The Morgan fingerprint density at radius 1 is 0.857 bits per heavy atom. The van der Waals surface area contributed by atoms with E-state index in [1.807, 2.05) is 0 Å². The van der Waals surface area contributed by atoms with Crippen LogP contribution in [0.5, 0.6) is 0 Å². The molecule has 1 nitrogen and oxygen atoms in total. The van der Waals surface area contributed by atoms with Crippen molar-refractivity contribution in [3.05, 3.63) is 48.0 Å². The lowest BCUT2D eigenvalue weighted by molar-refractivity contribution is 0.365. The van der Waals surface area contributed by atoms with Crippen molar-refractivity contribution in [1.82, 2.24) is 5.32 Å². The van der Waals surface area contributed by atoms with Crippen LogP contribution < -0.4 is 5.32 Å². The zero-order chi connectivity index (χ0) is 14.1. The third kappa shape index (κ3) is 2.98. The molecule has 2 aromatic rings. The van der Waals surface area contributed by atoms with Gasteiger partial charge in [-0.3, -0.25) is 0 Å². The summed E-state index contributed by atoms with van der Waals surface area (Å²) >= 11 is 0. The van der Waals surface area contributed by atoms with Gasteiger partial charge in [-0.05, 0) is 66.8 Å². The molecule has 0 spiro atoms. The molecule has 1 N–H and O–H groups in total. The highest BCUT2D eigenvalue weighted by atomic mass is 14.9. The minimum absolute atomic E-state index is 0.851. The molecule has 2 aliphatic rings. The fourth-order valence-corrected chi connectivity index (χ4v) is 4.01. The predicted octanol–water partition coefficient (Wildman–Crippen LogP) is 4.55. The van der Waals surface area contributed by atoms with E-state index in [0.717, 1.165) is 17.9 Å². The van der Waals surface area contributed by atoms with Crippen molar-refractivity contribution in [2.75, 3.05) is 6.54 Å². The quantitative estimate of drug-likeness (QED) is 0.846. The van der Waals surface area contributed by atoms with E-state index in [0.29, 0.717) is 0 Å². The number of benzene rings is 2. The Morgan fingerprint density at radius 2 is 1.67 bits per heavy atom. The molecule has 21 heavy (non-hydrogen) atoms. The first-order valence-corrected chi connectivity index (χ1v) is 8.60. The van der Waals surface area contributed by atoms with Gasteiger partial charge in [-0.2, -0.15) is 0 Å². The highest BCUT2D eigenvalue weighted by molar-refractivity contribution is 5.85. The first kappa shape index (κ1) is 13.3. The average Bonchev–Trinajstić information content (AvgIpc) is 3.25. The Kier molecular flexibility index (Phi) is 3.69. The van der Waals surface area contributed by atoms with Crippen LogP contribution in [0.15, 0.2) is 42.5 Å². The van der Waals surface area contributed by atoms with Gasteiger partial charge in [-0.25, -0.2) is 0 Å². The maximum absolute atomic E-state index is 3.75. The summed E-state index contributed by atoms with van der Waals surface area (Å²) in [5.41, 5.74) is 1.55. The molecule has 4 rings (SSSR count). The summed E-state index contributed by atoms with van der Waals surface area (Å²) in [6, 6.07) is 16.5. The molecule has 2 fully saturated rings. The number of hydrogen-bond acceptors (Lipinski definition) is 1. The van der Waals surface area contributed by atoms with E-state index in [1.165, 1.54) is 55.8 Å². The number of fused-ring (bicyclic) bond motifs is 1. The van der Waals surface area contributed by atoms with Gasteiger partial charge >= 0.3 is 0 Å². The smallest absolute Gasteiger partial charge is 0.00683 e. The van der Waals surface area contributed by atoms with E-state index in [4.69, 9.17) is 0 Å². The maximum Gasteiger partial charge on any atom is 0.00683 e. The molecule has 0 bridgehead atoms. The molecule has 0 amide bonds. The molecular weight excluding hydrogens is 254 g/mol. The summed E-state index contributed by atoms with van der Waals surface area (Å²) in [6.45, 7) is 1.25. The van der Waals surface area contributed by atoms with Gasteiger partial charge < -0.3 is 5.32 Å². The van der Waals surface area contributed by atoms with Crippen molar-refractivity contribution >= 4 is 10.8 Å². The molecule has 0 aliphatic heterocycles. The Morgan fingerprint density at radius 3 is 2.57 bits per heavy atom. The number of rotatable bonds is 5. The molecule has 1 heteroatoms. The zero-order valence-corrected chi connectivity index (χ0v) is 12.7. The Hall–Kier alpha value is -1.34. The van der Waals surface area contributed by atoms with E-state index in [-0.39, 0.29) is 0 Å². The van der Waals surface area contributed by atoms with Gasteiger partial charge in [0, 0.05) is 6.04 Å². The molecule has 110 valence electrons. The van der Waals surface area contributed by atoms with Crippen molar-refractivity contribution in [1.29, 1.82) is 0 Å². The van der Waals surface area contributed by atoms with Crippen molar-refractivity contribution in [3.8, 4) is 0 Å². The lowest BCUT2D eigenvalue weighted by atomic mass is 9.87. The van der Waals surface area contributed by atoms with Crippen LogP contribution in [0.4, 0.5) is 0 Å². The van der Waals surface area contributed by atoms with Crippen LogP contribution in [-0.2, 0) is 6.42 Å². The van der Waals surface area contributed by atoms with Crippen molar-refractivity contribution in [2.45, 2.75) is 44.6 Å². The second-order valence-electron chi connectivity index (χ2n) is 6.98. The summed E-state index contributed by atoms with van der Waals surface area (Å²) in [4.78, 5) is 0. The predicted molar refractivity (Wildman–Crippen MR) is 89.5 cm³/mol. The van der Waals surface area contributed by atoms with Crippen molar-refractivity contribution in [2.24, 2.45) is 11.8 Å². The Labute approximate surface area is 127 Å². The topological polar surface area (TPSA) is 12.0 Å². The van der Waals surface area contributed by atoms with Crippen LogP contribution in [-0.4, -0.2) is 12.6 Å². The van der Waals surface area contributed by atoms with Crippen LogP contribution in [0.2, 0.25) is 0 Å². The molecule has 2 unspecified atom stereocenters. The summed E-state index contributed by atoms with van der Waals surface area (Å²) in [5.74, 6) is 1.77. The minimum Gasteiger partial charge on any atom is -0.314 e. The second-order valence-corrected chi connectivity index (χ2v) is 6.98. The molecule has 0 saturated heterocycles. The van der Waals surface area contributed by atoms with Gasteiger partial charge in [0.1, 0.15) is 0 Å². The van der Waals surface area contributed by atoms with Gasteiger partial charge in [0.25, 0.3) is 0 Å². The summed E-state index contributed by atoms with van der Waals surface area (Å²) in [7, 11) is 0. The van der Waals surface area contributed by atoms with Crippen molar-refractivity contribution < 1.29 is 0 Å². The summed E-state index contributed by atoms with van der Waals surface area (Å²) in [5, 5.41) is 6.60. The van der Waals surface area contributed by atoms with E-state index in [1.54, 1.807) is 5.56 Å². The minimum atomic E-state index is 0.851. The first-order chi connectivity index (χ1) is 10.4. The summed E-state index contributed by atoms with van der Waals surface area (Å²) < 4.78 is 0. The van der Waals surface area contributed by atoms with E-state index in [2.05, 4.69) is 47.8 Å². The standard InChI is InChI=1S/C20H25N/c1-2-10-20-15(5-1)6-3-8-17(20)13-16-7-4-9-18(16)14-21-19-11-12-19/h1-3,5-6,8,10,16,18-19,21H,4,7,9,11-14H2. The lowest BCUT2D eigenvalue weighted by Gasteiger charge is -2.21. The molecule has 0 radical (unpaired) electrons. The summed E-state index contributed by atoms with van der Waals surface area (Å²) in [6.07, 6.45) is 8.33.